The molecule has 0 aliphatic rings. The van der Waals surface area contributed by atoms with Crippen LogP contribution in [0.5, 0.6) is 0 Å². The van der Waals surface area contributed by atoms with Gasteiger partial charge >= 0.3 is 0 Å². The largest absolute Gasteiger partial charge is 0.348 e. The van der Waals surface area contributed by atoms with Gasteiger partial charge in [0, 0.05) is 16.7 Å². The molecule has 0 unspecified atom stereocenters. The number of thioether (sulfide) groups is 1. The third kappa shape index (κ3) is 3.68. The molecule has 0 saturated carbocycles. The maximum Gasteiger partial charge on any atom is 0.235 e. The Morgan fingerprint density at radius 2 is 2.04 bits per heavy atom. The molecule has 0 amide bonds. The highest BCUT2D eigenvalue weighted by Crippen LogP contribution is 2.29. The van der Waals surface area contributed by atoms with Gasteiger partial charge in [-0.1, -0.05) is 60.7 Å². The summed E-state index contributed by atoms with van der Waals surface area (Å²) in [7, 11) is 0. The molecule has 122 valence electrons. The second-order valence-electron chi connectivity index (χ2n) is 5.53. The van der Waals surface area contributed by atoms with E-state index >= 15 is 0 Å². The molecular weight excluding hydrogens is 350 g/mol. The quantitative estimate of drug-likeness (QED) is 0.676. The van der Waals surface area contributed by atoms with Crippen LogP contribution in [0.1, 0.15) is 37.7 Å². The number of quaternary nitrogens is 1. The molecule has 5 nitrogen and oxygen atoms in total. The molecule has 0 radical (unpaired) electrons. The van der Waals surface area contributed by atoms with Crippen LogP contribution in [0.15, 0.2) is 28.6 Å². The van der Waals surface area contributed by atoms with E-state index in [1.807, 2.05) is 28.8 Å². The Hall–Kier alpha value is -1.15. The SMILES string of the molecule is CC[C@H](C)[C@H]([NH3+])c1nnc2sc(SCc3ccc(Cl)cc3)nn12. The summed E-state index contributed by atoms with van der Waals surface area (Å²) in [5.41, 5.74) is 5.46. The molecular formula is C15H19ClN5S2+. The van der Waals surface area contributed by atoms with Crippen LogP contribution in [-0.2, 0) is 5.75 Å². The zero-order chi connectivity index (χ0) is 16.4. The molecule has 2 aromatic heterocycles. The molecule has 23 heavy (non-hydrogen) atoms. The first kappa shape index (κ1) is 16.7. The fourth-order valence-corrected chi connectivity index (χ4v) is 4.13. The van der Waals surface area contributed by atoms with Crippen molar-refractivity contribution in [3.8, 4) is 0 Å². The second kappa shape index (κ2) is 7.17. The van der Waals surface area contributed by atoms with Gasteiger partial charge in [-0.2, -0.15) is 4.52 Å². The number of benzene rings is 1. The maximum atomic E-state index is 5.91. The Bertz CT molecular complexity index is 783. The van der Waals surface area contributed by atoms with Crippen molar-refractivity contribution in [2.45, 2.75) is 36.4 Å². The number of fused-ring (bicyclic) bond motifs is 1. The van der Waals surface area contributed by atoms with Gasteiger partial charge in [0.05, 0.1) is 0 Å². The smallest absolute Gasteiger partial charge is 0.235 e. The highest BCUT2D eigenvalue weighted by atomic mass is 35.5. The van der Waals surface area contributed by atoms with Crippen LogP contribution in [0.3, 0.4) is 0 Å². The summed E-state index contributed by atoms with van der Waals surface area (Å²) >= 11 is 9.17. The van der Waals surface area contributed by atoms with E-state index in [0.29, 0.717) is 5.92 Å². The van der Waals surface area contributed by atoms with Crippen molar-refractivity contribution in [3.63, 3.8) is 0 Å². The molecule has 0 aliphatic heterocycles. The van der Waals surface area contributed by atoms with Crippen molar-refractivity contribution < 1.29 is 5.73 Å². The van der Waals surface area contributed by atoms with E-state index in [1.165, 1.54) is 5.56 Å². The zero-order valence-electron chi connectivity index (χ0n) is 13.1. The van der Waals surface area contributed by atoms with E-state index in [9.17, 15) is 0 Å². The summed E-state index contributed by atoms with van der Waals surface area (Å²) in [6.07, 6.45) is 1.06. The van der Waals surface area contributed by atoms with Crippen LogP contribution >= 0.6 is 34.7 Å². The van der Waals surface area contributed by atoms with Crippen molar-refractivity contribution in [2.75, 3.05) is 0 Å². The average Bonchev–Trinajstić information content (AvgIpc) is 3.13. The van der Waals surface area contributed by atoms with Gasteiger partial charge in [-0.05, 0) is 24.1 Å². The molecule has 1 aromatic carbocycles. The van der Waals surface area contributed by atoms with Crippen molar-refractivity contribution in [2.24, 2.45) is 5.92 Å². The van der Waals surface area contributed by atoms with Gasteiger partial charge in [0.1, 0.15) is 6.04 Å². The van der Waals surface area contributed by atoms with Gasteiger partial charge in [0.25, 0.3) is 0 Å². The molecule has 3 N–H and O–H groups in total. The first-order chi connectivity index (χ1) is 11.1. The molecule has 0 fully saturated rings. The molecule has 0 spiro atoms. The summed E-state index contributed by atoms with van der Waals surface area (Å²) in [5.74, 6) is 2.16. The van der Waals surface area contributed by atoms with Crippen LogP contribution in [0.2, 0.25) is 5.02 Å². The van der Waals surface area contributed by atoms with Crippen LogP contribution in [0.25, 0.3) is 4.96 Å². The lowest BCUT2D eigenvalue weighted by molar-refractivity contribution is -0.441. The van der Waals surface area contributed by atoms with E-state index in [2.05, 4.69) is 34.9 Å². The Kier molecular flexibility index (Phi) is 5.21. The Morgan fingerprint density at radius 3 is 2.74 bits per heavy atom. The standard InChI is InChI=1S/C15H18ClN5S2/c1-3-9(2)12(17)13-18-19-14-21(13)20-15(23-14)22-8-10-4-6-11(16)7-5-10/h4-7,9,12H,3,8,17H2,1-2H3/p+1/t9-,12-/m0/s1. The molecule has 0 aliphatic carbocycles. The number of halogens is 1. The van der Waals surface area contributed by atoms with Crippen molar-refractivity contribution in [1.29, 1.82) is 0 Å². The van der Waals surface area contributed by atoms with E-state index in [0.717, 1.165) is 32.3 Å². The number of hydrogen-bond acceptors (Lipinski definition) is 5. The van der Waals surface area contributed by atoms with Crippen LogP contribution in [0.4, 0.5) is 0 Å². The molecule has 0 bridgehead atoms. The highest BCUT2D eigenvalue weighted by molar-refractivity contribution is 8.00. The topological polar surface area (TPSA) is 70.7 Å². The Balaban J connectivity index is 1.75. The molecule has 3 aromatic rings. The first-order valence-electron chi connectivity index (χ1n) is 7.51. The molecule has 2 atom stereocenters. The number of aromatic nitrogens is 4. The number of rotatable bonds is 6. The van der Waals surface area contributed by atoms with Gasteiger partial charge in [-0.15, -0.1) is 15.3 Å². The lowest BCUT2D eigenvalue weighted by Crippen LogP contribution is -2.57. The van der Waals surface area contributed by atoms with Gasteiger partial charge in [0.2, 0.25) is 10.8 Å². The first-order valence-corrected chi connectivity index (χ1v) is 9.69. The lowest BCUT2D eigenvalue weighted by atomic mass is 10.00. The van der Waals surface area contributed by atoms with E-state index in [1.54, 1.807) is 23.1 Å². The normalized spacial score (nSPS) is 14.3. The summed E-state index contributed by atoms with van der Waals surface area (Å²) in [5, 5.41) is 13.9. The van der Waals surface area contributed by atoms with Crippen LogP contribution in [-0.4, -0.2) is 19.8 Å². The predicted octanol–water partition coefficient (Wildman–Crippen LogP) is 3.46. The van der Waals surface area contributed by atoms with E-state index in [-0.39, 0.29) is 6.04 Å². The second-order valence-corrected chi connectivity index (χ2v) is 8.14. The highest BCUT2D eigenvalue weighted by Gasteiger charge is 2.24. The van der Waals surface area contributed by atoms with Crippen molar-refractivity contribution in [3.05, 3.63) is 40.7 Å². The monoisotopic (exact) mass is 368 g/mol. The number of nitrogens with zero attached hydrogens (tertiary/aromatic N) is 4. The third-order valence-electron chi connectivity index (χ3n) is 3.93. The predicted molar refractivity (Wildman–Crippen MR) is 94.8 cm³/mol. The summed E-state index contributed by atoms with van der Waals surface area (Å²) in [6, 6.07) is 8.00. The fourth-order valence-electron chi connectivity index (χ4n) is 2.17. The van der Waals surface area contributed by atoms with Crippen molar-refractivity contribution in [1.82, 2.24) is 19.8 Å². The third-order valence-corrected chi connectivity index (χ3v) is 6.29. The summed E-state index contributed by atoms with van der Waals surface area (Å²) in [6.45, 7) is 4.34. The van der Waals surface area contributed by atoms with Crippen LogP contribution < -0.4 is 5.73 Å². The summed E-state index contributed by atoms with van der Waals surface area (Å²) in [4.78, 5) is 0.829. The lowest BCUT2D eigenvalue weighted by Gasteiger charge is -2.11. The van der Waals surface area contributed by atoms with Crippen molar-refractivity contribution >= 4 is 39.7 Å². The maximum absolute atomic E-state index is 5.91. The average molecular weight is 369 g/mol. The minimum Gasteiger partial charge on any atom is -0.348 e. The zero-order valence-corrected chi connectivity index (χ0v) is 15.5. The van der Waals surface area contributed by atoms with Gasteiger partial charge in [0.15, 0.2) is 4.34 Å². The summed E-state index contributed by atoms with van der Waals surface area (Å²) < 4.78 is 2.83. The minimum absolute atomic E-state index is 0.103. The minimum atomic E-state index is 0.103. The van der Waals surface area contributed by atoms with Gasteiger partial charge in [-0.25, -0.2) is 0 Å². The van der Waals surface area contributed by atoms with Gasteiger partial charge < -0.3 is 5.73 Å². The number of hydrogen-bond donors (Lipinski definition) is 1. The molecule has 2 heterocycles. The Morgan fingerprint density at radius 1 is 1.30 bits per heavy atom. The van der Waals surface area contributed by atoms with E-state index in [4.69, 9.17) is 11.6 Å². The molecule has 8 heteroatoms. The molecule has 3 rings (SSSR count). The van der Waals surface area contributed by atoms with Crippen LogP contribution in [0, 0.1) is 5.92 Å². The molecule has 0 saturated heterocycles. The Labute approximate surface area is 148 Å². The van der Waals surface area contributed by atoms with Gasteiger partial charge in [-0.3, -0.25) is 0 Å². The fraction of sp³-hybridized carbons (Fsp3) is 0.400. The van der Waals surface area contributed by atoms with E-state index < -0.39 is 0 Å².